The molecule has 4 aromatic carbocycles. The second kappa shape index (κ2) is 35.7. The number of hydrogen-bond donors (Lipinski definition) is 7. The number of nitrogens with two attached hydrogens (primary N) is 1. The fourth-order valence-electron chi connectivity index (χ4n) is 3.87. The number of para-hydroxylation sites is 4. The van der Waals surface area contributed by atoms with Crippen LogP contribution in [-0.2, 0) is 9.59 Å². The van der Waals surface area contributed by atoms with Gasteiger partial charge in [-0.05, 0) is 67.9 Å². The number of phenols is 2. The van der Waals surface area contributed by atoms with Gasteiger partial charge in [0.15, 0.2) is 0 Å². The molecule has 4 rings (SSSR count). The third-order valence-electron chi connectivity index (χ3n) is 6.35. The molecular formula is C44H60N2O13. The van der Waals surface area contributed by atoms with Gasteiger partial charge in [0.05, 0.1) is 5.56 Å². The molecule has 4 aromatic rings. The fraction of sp³-hybridized carbons (Fsp3) is 0.318. The summed E-state index contributed by atoms with van der Waals surface area (Å²) in [4.78, 5) is 67.5. The average molecular weight is 825 g/mol. The van der Waals surface area contributed by atoms with Gasteiger partial charge in [-0.2, -0.15) is 0 Å². The number of amides is 1. The second-order valence-electron chi connectivity index (χ2n) is 10.1. The summed E-state index contributed by atoms with van der Waals surface area (Å²) in [6.45, 7) is 16.7. The maximum Gasteiger partial charge on any atom is 0.347 e. The number of aromatic hydroxyl groups is 2. The lowest BCUT2D eigenvalue weighted by molar-refractivity contribution is -0.138. The average Bonchev–Trinajstić information content (AvgIpc) is 3.25. The molecule has 324 valence electrons. The number of hydrogen-bond acceptors (Lipinski definition) is 11. The Balaban J connectivity index is -0.000000854. The minimum Gasteiger partial charge on any atom is -0.507 e. The summed E-state index contributed by atoms with van der Waals surface area (Å²) in [5, 5.41) is 47.2. The molecule has 15 heteroatoms. The molecule has 0 aliphatic rings. The Morgan fingerprint density at radius 2 is 0.864 bits per heavy atom. The van der Waals surface area contributed by atoms with E-state index < -0.39 is 35.8 Å². The van der Waals surface area contributed by atoms with Crippen molar-refractivity contribution in [3.05, 3.63) is 119 Å². The number of carbonyl (C=O) groups is 6. The standard InChI is InChI=1S/C21H14O7.C11H13NO4.C4H9NO2.4C2H6/c22-16-10-4-1-7-13(16)20(25)28-18-12-6-3-9-15(18)21(26)27-17-11-5-2-8-14(17)19(23)24;13-9-5-2-1-4-8(9)11(16)12-7-3-6-10(14)15;5-3-1-2-4(6)7;4*1-2/h1-12,22H,(H,23,24);1-2,4-5,13H,3,6-7H2,(H,12,16)(H,14,15);1-3,5H2,(H,6,7);4*1-2H3. The topological polar surface area (TPSA) is 260 Å². The van der Waals surface area contributed by atoms with Crippen LogP contribution in [-0.4, -0.2) is 74.4 Å². The van der Waals surface area contributed by atoms with E-state index in [1.807, 2.05) is 55.4 Å². The first-order chi connectivity index (χ1) is 28.3. The van der Waals surface area contributed by atoms with E-state index >= 15 is 0 Å². The molecular weight excluding hydrogens is 764 g/mol. The van der Waals surface area contributed by atoms with E-state index in [1.54, 1.807) is 30.3 Å². The number of carboxylic acid groups (broad SMARTS) is 3. The van der Waals surface area contributed by atoms with Gasteiger partial charge in [0.25, 0.3) is 5.91 Å². The lowest BCUT2D eigenvalue weighted by Crippen LogP contribution is -2.24. The van der Waals surface area contributed by atoms with Crippen LogP contribution in [0.2, 0.25) is 0 Å². The number of benzene rings is 4. The Morgan fingerprint density at radius 1 is 0.508 bits per heavy atom. The van der Waals surface area contributed by atoms with E-state index in [9.17, 15) is 44.1 Å². The van der Waals surface area contributed by atoms with E-state index in [0.29, 0.717) is 19.4 Å². The molecule has 0 unspecified atom stereocenters. The van der Waals surface area contributed by atoms with Gasteiger partial charge >= 0.3 is 29.8 Å². The van der Waals surface area contributed by atoms with E-state index in [4.69, 9.17) is 25.4 Å². The summed E-state index contributed by atoms with van der Waals surface area (Å²) in [7, 11) is 0. The highest BCUT2D eigenvalue weighted by Gasteiger charge is 2.21. The van der Waals surface area contributed by atoms with Crippen molar-refractivity contribution in [1.82, 2.24) is 5.32 Å². The van der Waals surface area contributed by atoms with Crippen molar-refractivity contribution in [2.75, 3.05) is 13.1 Å². The molecule has 0 bridgehead atoms. The quantitative estimate of drug-likeness (QED) is 0.0379. The maximum absolute atomic E-state index is 12.5. The molecule has 59 heavy (non-hydrogen) atoms. The number of aliphatic carboxylic acids is 2. The lowest BCUT2D eigenvalue weighted by Gasteiger charge is -2.11. The van der Waals surface area contributed by atoms with Crippen LogP contribution in [0.1, 0.15) is 123 Å². The number of esters is 2. The minimum atomic E-state index is -1.25. The van der Waals surface area contributed by atoms with Crippen molar-refractivity contribution in [3.63, 3.8) is 0 Å². The molecule has 0 heterocycles. The van der Waals surface area contributed by atoms with Gasteiger partial charge in [-0.15, -0.1) is 0 Å². The number of nitrogens with one attached hydrogen (secondary N) is 1. The Bertz CT molecular complexity index is 1830. The SMILES string of the molecule is CC.CC.CC.CC.NCCCC(=O)O.O=C(O)CCCNC(=O)c1ccccc1O.O=C(Oc1ccccc1C(=O)Oc1ccccc1C(=O)O)c1ccccc1O. The zero-order valence-electron chi connectivity index (χ0n) is 35.1. The van der Waals surface area contributed by atoms with Crippen LogP contribution in [0.25, 0.3) is 0 Å². The third-order valence-corrected chi connectivity index (χ3v) is 6.35. The van der Waals surface area contributed by atoms with Crippen molar-refractivity contribution in [3.8, 4) is 23.0 Å². The first-order valence-electron chi connectivity index (χ1n) is 19.2. The summed E-state index contributed by atoms with van der Waals surface area (Å²) in [6, 6.07) is 23.5. The predicted molar refractivity (Wildman–Crippen MR) is 226 cm³/mol. The predicted octanol–water partition coefficient (Wildman–Crippen LogP) is 8.43. The normalized spacial score (nSPS) is 8.90. The van der Waals surface area contributed by atoms with Gasteiger partial charge in [-0.3, -0.25) is 14.4 Å². The summed E-state index contributed by atoms with van der Waals surface area (Å²) in [5.74, 6) is -5.64. The Morgan fingerprint density at radius 3 is 1.27 bits per heavy atom. The lowest BCUT2D eigenvalue weighted by atomic mass is 10.1. The summed E-state index contributed by atoms with van der Waals surface area (Å²) < 4.78 is 10.4. The summed E-state index contributed by atoms with van der Waals surface area (Å²) >= 11 is 0. The van der Waals surface area contributed by atoms with Gasteiger partial charge in [0.1, 0.15) is 39.7 Å². The number of carbonyl (C=O) groups excluding carboxylic acids is 3. The van der Waals surface area contributed by atoms with Crippen molar-refractivity contribution in [2.24, 2.45) is 5.73 Å². The van der Waals surface area contributed by atoms with Gasteiger partial charge in [-0.1, -0.05) is 104 Å². The number of rotatable bonds is 13. The van der Waals surface area contributed by atoms with Crippen LogP contribution in [0, 0.1) is 0 Å². The molecule has 1 amide bonds. The van der Waals surface area contributed by atoms with Crippen LogP contribution in [0.15, 0.2) is 97.1 Å². The molecule has 0 aliphatic heterocycles. The van der Waals surface area contributed by atoms with Crippen molar-refractivity contribution in [2.45, 2.75) is 81.1 Å². The van der Waals surface area contributed by atoms with Crippen LogP contribution >= 0.6 is 0 Å². The van der Waals surface area contributed by atoms with Crippen LogP contribution < -0.4 is 20.5 Å². The minimum absolute atomic E-state index is 0.0149. The molecule has 0 aromatic heterocycles. The van der Waals surface area contributed by atoms with Crippen molar-refractivity contribution >= 4 is 35.8 Å². The molecule has 0 radical (unpaired) electrons. The van der Waals surface area contributed by atoms with Gasteiger partial charge in [0, 0.05) is 19.4 Å². The summed E-state index contributed by atoms with van der Waals surface area (Å²) in [5.41, 5.74) is 4.88. The monoisotopic (exact) mass is 824 g/mol. The Hall–Kier alpha value is -6.74. The van der Waals surface area contributed by atoms with E-state index in [0.717, 1.165) is 0 Å². The number of aromatic carboxylic acids is 1. The van der Waals surface area contributed by atoms with Crippen LogP contribution in [0.3, 0.4) is 0 Å². The van der Waals surface area contributed by atoms with Crippen LogP contribution in [0.5, 0.6) is 23.0 Å². The van der Waals surface area contributed by atoms with Crippen molar-refractivity contribution < 1.29 is 63.8 Å². The van der Waals surface area contributed by atoms with E-state index in [1.165, 1.54) is 66.7 Å². The molecule has 0 fully saturated rings. The highest BCUT2D eigenvalue weighted by atomic mass is 16.6. The largest absolute Gasteiger partial charge is 0.507 e. The van der Waals surface area contributed by atoms with Gasteiger partial charge in [0.2, 0.25) is 0 Å². The van der Waals surface area contributed by atoms with E-state index in [-0.39, 0.29) is 64.6 Å². The van der Waals surface area contributed by atoms with Gasteiger partial charge in [-0.25, -0.2) is 14.4 Å². The molecule has 0 atom stereocenters. The highest BCUT2D eigenvalue weighted by molar-refractivity contribution is 5.99. The fourth-order valence-corrected chi connectivity index (χ4v) is 3.87. The molecule has 0 saturated carbocycles. The Kier molecular flexibility index (Phi) is 34.2. The molecule has 15 nitrogen and oxygen atoms in total. The first-order valence-corrected chi connectivity index (χ1v) is 19.2. The van der Waals surface area contributed by atoms with Crippen LogP contribution in [0.4, 0.5) is 0 Å². The number of carboxylic acids is 3. The first kappa shape index (κ1) is 56.6. The smallest absolute Gasteiger partial charge is 0.347 e. The van der Waals surface area contributed by atoms with Gasteiger partial charge < -0.3 is 46.1 Å². The zero-order chi connectivity index (χ0) is 45.8. The van der Waals surface area contributed by atoms with E-state index in [2.05, 4.69) is 5.32 Å². The zero-order valence-corrected chi connectivity index (χ0v) is 35.1. The molecule has 0 saturated heterocycles. The molecule has 0 spiro atoms. The number of ether oxygens (including phenoxy) is 2. The highest BCUT2D eigenvalue weighted by Crippen LogP contribution is 2.25. The summed E-state index contributed by atoms with van der Waals surface area (Å²) in [6.07, 6.45) is 1.15. The van der Waals surface area contributed by atoms with Crippen molar-refractivity contribution in [1.29, 1.82) is 0 Å². The Labute approximate surface area is 346 Å². The third kappa shape index (κ3) is 23.8. The molecule has 8 N–H and O–H groups in total. The maximum atomic E-state index is 12.5. The second-order valence-corrected chi connectivity index (χ2v) is 10.1. The molecule has 0 aliphatic carbocycles. The number of phenolic OH excluding ortho intramolecular Hbond substituents is 2.